The Hall–Kier alpha value is -8.60. The van der Waals surface area contributed by atoms with Gasteiger partial charge in [0.1, 0.15) is 33.5 Å². The van der Waals surface area contributed by atoms with Gasteiger partial charge in [0.05, 0.1) is 11.1 Å². The molecule has 0 N–H and O–H groups in total. The van der Waals surface area contributed by atoms with E-state index in [1.807, 2.05) is 0 Å². The van der Waals surface area contributed by atoms with Crippen molar-refractivity contribution in [3.63, 3.8) is 0 Å². The minimum Gasteiger partial charge on any atom is -0.456 e. The van der Waals surface area contributed by atoms with Crippen molar-refractivity contribution in [1.82, 2.24) is 0 Å². The molecule has 10 aromatic carbocycles. The first-order valence-electron chi connectivity index (χ1n) is 27.0. The molecule has 0 aliphatic heterocycles. The van der Waals surface area contributed by atoms with Gasteiger partial charge in [-0.2, -0.15) is 0 Å². The lowest BCUT2D eigenvalue weighted by Gasteiger charge is -2.30. The highest BCUT2D eigenvalue weighted by Crippen LogP contribution is 2.61. The number of anilines is 3. The van der Waals surface area contributed by atoms with Crippen LogP contribution in [0.25, 0.3) is 110 Å². The van der Waals surface area contributed by atoms with Gasteiger partial charge >= 0.3 is 0 Å². The Labute approximate surface area is 440 Å². The van der Waals surface area contributed by atoms with Gasteiger partial charge in [-0.05, 0) is 168 Å². The fraction of sp³-hybridized carbons (Fsp3) is 0.167. The standard InChI is InChI=1S/C72H53NO3/c1-69(2)50-30-31-63-67(45-18-11-14-22-61(45)75-63)64(50)48-36-54-46(34-56(48)69)40-26-24-38(32-52(40)71(54,5)6)73(58-19-15-23-62-66(58)44-17-10-13-21-60(44)74-62)39-25-27-41-47-35-57-49(37-55(47)72(7,8)53(41)33-39)65-51(70(57,3)4)29-28-43-42-16-9-12-20-59(42)76-68(43)65/h9-37H,1-8H3. The summed E-state index contributed by atoms with van der Waals surface area (Å²) in [4.78, 5) is 2.50. The SMILES string of the molecule is CC1(C)c2cc(N(c3ccc4c(c3)C(C)(C)c3cc5c(cc3-4)C(C)(C)c3ccc4oc6ccccc6c4c3-5)c3cccc4oc5ccccc5c34)ccc2-c2cc3c(cc21)-c1c(ccc2c1oc1ccccc12)C3(C)C. The number of hydrogen-bond acceptors (Lipinski definition) is 4. The van der Waals surface area contributed by atoms with E-state index in [0.717, 1.165) is 66.7 Å². The van der Waals surface area contributed by atoms with Crippen LogP contribution in [-0.2, 0) is 21.7 Å². The molecule has 76 heavy (non-hydrogen) atoms. The van der Waals surface area contributed by atoms with E-state index in [-0.39, 0.29) is 21.7 Å². The Morgan fingerprint density at radius 2 is 0.724 bits per heavy atom. The Balaban J connectivity index is 0.841. The molecule has 0 bridgehead atoms. The highest BCUT2D eigenvalue weighted by Gasteiger charge is 2.45. The van der Waals surface area contributed by atoms with Crippen LogP contribution in [-0.4, -0.2) is 0 Å². The van der Waals surface area contributed by atoms with Crippen LogP contribution in [0, 0.1) is 0 Å². The van der Waals surface area contributed by atoms with Crippen molar-refractivity contribution in [3.05, 3.63) is 220 Å². The van der Waals surface area contributed by atoms with Gasteiger partial charge in [0.15, 0.2) is 0 Å². The van der Waals surface area contributed by atoms with Crippen molar-refractivity contribution in [1.29, 1.82) is 0 Å². The van der Waals surface area contributed by atoms with Crippen LogP contribution in [0.15, 0.2) is 189 Å². The lowest BCUT2D eigenvalue weighted by molar-refractivity contribution is 0.649. The molecule has 3 heterocycles. The highest BCUT2D eigenvalue weighted by molar-refractivity contribution is 6.17. The molecule has 0 radical (unpaired) electrons. The van der Waals surface area contributed by atoms with E-state index in [0.29, 0.717) is 0 Å². The van der Waals surface area contributed by atoms with Crippen LogP contribution in [0.2, 0.25) is 0 Å². The van der Waals surface area contributed by atoms with E-state index < -0.39 is 0 Å². The molecular weight excluding hydrogens is 927 g/mol. The summed E-state index contributed by atoms with van der Waals surface area (Å²) in [6.45, 7) is 19.2. The first-order chi connectivity index (χ1) is 36.7. The van der Waals surface area contributed by atoms with Crippen LogP contribution in [0.3, 0.4) is 0 Å². The highest BCUT2D eigenvalue weighted by atomic mass is 16.3. The number of fused-ring (bicyclic) bond motifs is 23. The summed E-state index contributed by atoms with van der Waals surface area (Å²) in [6, 6.07) is 65.6. The third kappa shape index (κ3) is 5.11. The first-order valence-corrected chi connectivity index (χ1v) is 27.0. The van der Waals surface area contributed by atoms with Gasteiger partial charge < -0.3 is 18.2 Å². The van der Waals surface area contributed by atoms with Crippen LogP contribution >= 0.6 is 0 Å². The molecule has 0 atom stereocenters. The van der Waals surface area contributed by atoms with Gasteiger partial charge in [-0.1, -0.05) is 146 Å². The minimum atomic E-state index is -0.299. The maximum Gasteiger partial charge on any atom is 0.143 e. The smallest absolute Gasteiger partial charge is 0.143 e. The van der Waals surface area contributed by atoms with Gasteiger partial charge in [0, 0.05) is 65.5 Å². The second-order valence-electron chi connectivity index (χ2n) is 24.4. The molecule has 0 saturated carbocycles. The molecule has 0 spiro atoms. The average molecular weight is 980 g/mol. The number of para-hydroxylation sites is 3. The second-order valence-corrected chi connectivity index (χ2v) is 24.4. The predicted octanol–water partition coefficient (Wildman–Crippen LogP) is 20.1. The summed E-state index contributed by atoms with van der Waals surface area (Å²) in [5.74, 6) is 0. The zero-order valence-electron chi connectivity index (χ0n) is 43.9. The normalized spacial score (nSPS) is 16.3. The average Bonchev–Trinajstić information content (AvgIpc) is 4.33. The van der Waals surface area contributed by atoms with Gasteiger partial charge in [-0.25, -0.2) is 0 Å². The van der Waals surface area contributed by atoms with E-state index in [4.69, 9.17) is 13.3 Å². The van der Waals surface area contributed by atoms with Crippen molar-refractivity contribution >= 4 is 82.9 Å². The van der Waals surface area contributed by atoms with E-state index in [1.165, 1.54) is 105 Å². The van der Waals surface area contributed by atoms with Gasteiger partial charge in [-0.3, -0.25) is 0 Å². The van der Waals surface area contributed by atoms with E-state index in [9.17, 15) is 0 Å². The number of benzene rings is 10. The second kappa shape index (κ2) is 13.8. The molecular formula is C72H53NO3. The molecule has 17 rings (SSSR count). The van der Waals surface area contributed by atoms with Crippen molar-refractivity contribution in [2.75, 3.05) is 4.90 Å². The van der Waals surface area contributed by atoms with Crippen molar-refractivity contribution in [2.24, 2.45) is 0 Å². The zero-order valence-corrected chi connectivity index (χ0v) is 43.9. The number of furan rings is 3. The van der Waals surface area contributed by atoms with E-state index in [1.54, 1.807) is 0 Å². The fourth-order valence-electron chi connectivity index (χ4n) is 15.1. The summed E-state index contributed by atoms with van der Waals surface area (Å²) in [5, 5.41) is 6.94. The molecule has 4 heteroatoms. The Morgan fingerprint density at radius 3 is 1.33 bits per heavy atom. The molecule has 0 amide bonds. The molecule has 3 aromatic heterocycles. The molecule has 4 aliphatic rings. The molecule has 364 valence electrons. The van der Waals surface area contributed by atoms with Crippen LogP contribution in [0.5, 0.6) is 0 Å². The number of hydrogen-bond donors (Lipinski definition) is 0. The van der Waals surface area contributed by atoms with E-state index in [2.05, 4.69) is 236 Å². The van der Waals surface area contributed by atoms with Gasteiger partial charge in [0.2, 0.25) is 0 Å². The summed E-state index contributed by atoms with van der Waals surface area (Å²) >= 11 is 0. The van der Waals surface area contributed by atoms with Crippen molar-refractivity contribution in [2.45, 2.75) is 77.0 Å². The maximum atomic E-state index is 6.76. The third-order valence-corrected chi connectivity index (χ3v) is 19.1. The number of nitrogens with zero attached hydrogens (tertiary/aromatic N) is 1. The van der Waals surface area contributed by atoms with Gasteiger partial charge in [-0.15, -0.1) is 0 Å². The van der Waals surface area contributed by atoms with Crippen LogP contribution in [0.4, 0.5) is 17.1 Å². The molecule has 0 saturated heterocycles. The lowest BCUT2D eigenvalue weighted by Crippen LogP contribution is -2.18. The Bertz CT molecular complexity index is 4830. The largest absolute Gasteiger partial charge is 0.456 e. The fourth-order valence-corrected chi connectivity index (χ4v) is 15.1. The Morgan fingerprint density at radius 1 is 0.289 bits per heavy atom. The summed E-state index contributed by atoms with van der Waals surface area (Å²) in [6.07, 6.45) is 0. The Kier molecular flexibility index (Phi) is 7.76. The predicted molar refractivity (Wildman–Crippen MR) is 313 cm³/mol. The molecule has 4 nitrogen and oxygen atoms in total. The summed E-state index contributed by atoms with van der Waals surface area (Å²) in [7, 11) is 0. The van der Waals surface area contributed by atoms with E-state index >= 15 is 0 Å². The monoisotopic (exact) mass is 979 g/mol. The summed E-state index contributed by atoms with van der Waals surface area (Å²) in [5.41, 5.74) is 29.0. The lowest BCUT2D eigenvalue weighted by atomic mass is 9.79. The molecule has 13 aromatic rings. The molecule has 0 fully saturated rings. The zero-order chi connectivity index (χ0) is 51.1. The molecule has 4 aliphatic carbocycles. The number of rotatable bonds is 3. The topological polar surface area (TPSA) is 42.7 Å². The van der Waals surface area contributed by atoms with Crippen LogP contribution < -0.4 is 4.90 Å². The maximum absolute atomic E-state index is 6.76. The quantitative estimate of drug-likeness (QED) is 0.177. The van der Waals surface area contributed by atoms with Crippen molar-refractivity contribution < 1.29 is 13.3 Å². The molecule has 0 unspecified atom stereocenters. The van der Waals surface area contributed by atoms with Crippen molar-refractivity contribution in [3.8, 4) is 44.5 Å². The third-order valence-electron chi connectivity index (χ3n) is 19.1. The van der Waals surface area contributed by atoms with Crippen LogP contribution in [0.1, 0.15) is 99.9 Å². The summed E-state index contributed by atoms with van der Waals surface area (Å²) < 4.78 is 19.9. The minimum absolute atomic E-state index is 0.190. The van der Waals surface area contributed by atoms with Gasteiger partial charge in [0.25, 0.3) is 0 Å². The first kappa shape index (κ1) is 42.7.